The van der Waals surface area contributed by atoms with E-state index in [-0.39, 0.29) is 16.4 Å². The molecule has 154 valence electrons. The number of hydrogen-bond donors (Lipinski definition) is 3. The highest BCUT2D eigenvalue weighted by Gasteiger charge is 2.16. The number of aromatic carboxylic acids is 1. The fourth-order valence-corrected chi connectivity index (χ4v) is 3.02. The minimum Gasteiger partial charge on any atom is -0.495 e. The van der Waals surface area contributed by atoms with Crippen LogP contribution in [0, 0.1) is 0 Å². The molecule has 1 amide bonds. The van der Waals surface area contributed by atoms with Crippen LogP contribution < -0.4 is 15.4 Å². The van der Waals surface area contributed by atoms with E-state index < -0.39 is 11.9 Å². The van der Waals surface area contributed by atoms with Crippen LogP contribution >= 0.6 is 35.4 Å². The van der Waals surface area contributed by atoms with E-state index in [2.05, 4.69) is 10.6 Å². The number of carboxylic acid groups (broad SMARTS) is 1. The maximum atomic E-state index is 12.4. The molecule has 0 atom stereocenters. The molecule has 1 heterocycles. The summed E-state index contributed by atoms with van der Waals surface area (Å²) < 4.78 is 10.7. The molecule has 0 spiro atoms. The third-order valence-corrected chi connectivity index (χ3v) is 4.90. The highest BCUT2D eigenvalue weighted by Crippen LogP contribution is 2.30. The lowest BCUT2D eigenvalue weighted by atomic mass is 10.2. The van der Waals surface area contributed by atoms with Gasteiger partial charge in [-0.25, -0.2) is 4.79 Å². The van der Waals surface area contributed by atoms with Crippen LogP contribution in [0.15, 0.2) is 52.9 Å². The van der Waals surface area contributed by atoms with E-state index in [1.807, 2.05) is 0 Å². The molecule has 30 heavy (non-hydrogen) atoms. The maximum Gasteiger partial charge on any atom is 0.335 e. The summed E-state index contributed by atoms with van der Waals surface area (Å²) in [6.45, 7) is 0. The topological polar surface area (TPSA) is 101 Å². The van der Waals surface area contributed by atoms with E-state index in [0.29, 0.717) is 32.8 Å². The zero-order chi connectivity index (χ0) is 21.8. The Morgan fingerprint density at radius 1 is 1.07 bits per heavy atom. The molecule has 3 aromatic rings. The van der Waals surface area contributed by atoms with E-state index in [1.54, 1.807) is 24.3 Å². The van der Waals surface area contributed by atoms with Gasteiger partial charge in [-0.05, 0) is 60.7 Å². The SMILES string of the molecule is COc1ccc(C(=O)O)cc1NC(=S)NC(=O)c1ccc(-c2ccc(Cl)c(Cl)c2)o1. The monoisotopic (exact) mass is 464 g/mol. The van der Waals surface area contributed by atoms with Crippen LogP contribution in [0.3, 0.4) is 0 Å². The largest absolute Gasteiger partial charge is 0.495 e. The van der Waals surface area contributed by atoms with Crippen molar-refractivity contribution in [3.8, 4) is 17.1 Å². The van der Waals surface area contributed by atoms with Crippen molar-refractivity contribution in [2.24, 2.45) is 0 Å². The standard InChI is InChI=1S/C20H14Cl2N2O5S/c1-28-16-5-3-11(19(26)27)9-14(16)23-20(30)24-18(25)17-7-6-15(29-17)10-2-4-12(21)13(22)8-10/h2-9H,1H3,(H,26,27)(H2,23,24,25,30). The summed E-state index contributed by atoms with van der Waals surface area (Å²) in [7, 11) is 1.43. The molecular formula is C20H14Cl2N2O5S. The molecule has 0 aliphatic heterocycles. The molecule has 1 aromatic heterocycles. The van der Waals surface area contributed by atoms with Gasteiger partial charge >= 0.3 is 5.97 Å². The number of nitrogens with one attached hydrogen (secondary N) is 2. The molecule has 3 rings (SSSR count). The predicted octanol–water partition coefficient (Wildman–Crippen LogP) is 5.09. The smallest absolute Gasteiger partial charge is 0.335 e. The van der Waals surface area contributed by atoms with Gasteiger partial charge in [0, 0.05) is 5.56 Å². The number of benzene rings is 2. The Morgan fingerprint density at radius 3 is 2.50 bits per heavy atom. The van der Waals surface area contributed by atoms with E-state index >= 15 is 0 Å². The van der Waals surface area contributed by atoms with E-state index in [1.165, 1.54) is 31.4 Å². The summed E-state index contributed by atoms with van der Waals surface area (Å²) in [6.07, 6.45) is 0. The summed E-state index contributed by atoms with van der Waals surface area (Å²) >= 11 is 17.1. The fourth-order valence-electron chi connectivity index (χ4n) is 2.52. The Bertz CT molecular complexity index is 1150. The van der Waals surface area contributed by atoms with Crippen LogP contribution in [0.5, 0.6) is 5.75 Å². The van der Waals surface area contributed by atoms with Gasteiger partial charge in [-0.1, -0.05) is 23.2 Å². The Morgan fingerprint density at radius 2 is 1.83 bits per heavy atom. The number of carbonyl (C=O) groups is 2. The van der Waals surface area contributed by atoms with Gasteiger partial charge in [-0.15, -0.1) is 0 Å². The van der Waals surface area contributed by atoms with Crippen molar-refractivity contribution in [1.29, 1.82) is 0 Å². The Balaban J connectivity index is 1.71. The Labute approximate surface area is 186 Å². The van der Waals surface area contributed by atoms with Crippen molar-refractivity contribution in [2.75, 3.05) is 12.4 Å². The molecule has 7 nitrogen and oxygen atoms in total. The number of thiocarbonyl (C=S) groups is 1. The second-order valence-corrected chi connectivity index (χ2v) is 7.14. The van der Waals surface area contributed by atoms with Gasteiger partial charge in [-0.2, -0.15) is 0 Å². The fraction of sp³-hybridized carbons (Fsp3) is 0.0500. The summed E-state index contributed by atoms with van der Waals surface area (Å²) in [5, 5.41) is 15.1. The molecule has 2 aromatic carbocycles. The number of methoxy groups -OCH3 is 1. The molecule has 0 saturated carbocycles. The van der Waals surface area contributed by atoms with Crippen molar-refractivity contribution < 1.29 is 23.8 Å². The van der Waals surface area contributed by atoms with Crippen molar-refractivity contribution in [3.05, 3.63) is 69.9 Å². The molecule has 0 aliphatic rings. The van der Waals surface area contributed by atoms with Crippen LogP contribution in [0.2, 0.25) is 10.0 Å². The molecule has 10 heteroatoms. The molecule has 0 bridgehead atoms. The number of ether oxygens (including phenoxy) is 1. The summed E-state index contributed by atoms with van der Waals surface area (Å²) in [6, 6.07) is 12.3. The van der Waals surface area contributed by atoms with Crippen LogP contribution in [0.25, 0.3) is 11.3 Å². The number of rotatable bonds is 5. The second kappa shape index (κ2) is 9.17. The molecule has 0 saturated heterocycles. The van der Waals surface area contributed by atoms with Crippen molar-refractivity contribution in [1.82, 2.24) is 5.32 Å². The van der Waals surface area contributed by atoms with Gasteiger partial charge in [0.15, 0.2) is 10.9 Å². The lowest BCUT2D eigenvalue weighted by molar-refractivity contribution is 0.0696. The van der Waals surface area contributed by atoms with Crippen molar-refractivity contribution >= 4 is 58.1 Å². The lowest BCUT2D eigenvalue weighted by Gasteiger charge is -2.13. The highest BCUT2D eigenvalue weighted by molar-refractivity contribution is 7.80. The first-order chi connectivity index (χ1) is 14.3. The van der Waals surface area contributed by atoms with Gasteiger partial charge in [0.2, 0.25) is 0 Å². The zero-order valence-corrected chi connectivity index (χ0v) is 17.7. The normalized spacial score (nSPS) is 10.4. The third-order valence-electron chi connectivity index (χ3n) is 3.96. The van der Waals surface area contributed by atoms with E-state index in [9.17, 15) is 9.59 Å². The summed E-state index contributed by atoms with van der Waals surface area (Å²) in [4.78, 5) is 23.6. The van der Waals surface area contributed by atoms with E-state index in [4.69, 9.17) is 49.7 Å². The number of furan rings is 1. The average molecular weight is 465 g/mol. The van der Waals surface area contributed by atoms with Crippen LogP contribution in [-0.2, 0) is 0 Å². The lowest BCUT2D eigenvalue weighted by Crippen LogP contribution is -2.34. The number of anilines is 1. The number of carbonyl (C=O) groups excluding carboxylic acids is 1. The van der Waals surface area contributed by atoms with Crippen molar-refractivity contribution in [3.63, 3.8) is 0 Å². The van der Waals surface area contributed by atoms with Gasteiger partial charge in [0.25, 0.3) is 5.91 Å². The molecule has 3 N–H and O–H groups in total. The first-order valence-electron chi connectivity index (χ1n) is 8.37. The van der Waals surface area contributed by atoms with Crippen LogP contribution in [-0.4, -0.2) is 29.2 Å². The third kappa shape index (κ3) is 4.91. The van der Waals surface area contributed by atoms with Crippen LogP contribution in [0.1, 0.15) is 20.9 Å². The number of halogens is 2. The predicted molar refractivity (Wildman–Crippen MR) is 118 cm³/mol. The molecule has 0 unspecified atom stereocenters. The van der Waals surface area contributed by atoms with Gasteiger partial charge in [0.05, 0.1) is 28.4 Å². The second-order valence-electron chi connectivity index (χ2n) is 5.92. The summed E-state index contributed by atoms with van der Waals surface area (Å²) in [5.74, 6) is -0.898. The minimum absolute atomic E-state index is 0.0199. The molecular weight excluding hydrogens is 451 g/mol. The highest BCUT2D eigenvalue weighted by atomic mass is 35.5. The van der Waals surface area contributed by atoms with Gasteiger partial charge in [-0.3, -0.25) is 10.1 Å². The molecule has 0 radical (unpaired) electrons. The maximum absolute atomic E-state index is 12.4. The van der Waals surface area contributed by atoms with Gasteiger partial charge in [0.1, 0.15) is 11.5 Å². The molecule has 0 aliphatic carbocycles. The quantitative estimate of drug-likeness (QED) is 0.452. The van der Waals surface area contributed by atoms with Crippen molar-refractivity contribution in [2.45, 2.75) is 0 Å². The van der Waals surface area contributed by atoms with Gasteiger partial charge < -0.3 is 19.6 Å². The Kier molecular flexibility index (Phi) is 6.61. The Hall–Kier alpha value is -3.07. The van der Waals surface area contributed by atoms with Crippen LogP contribution in [0.4, 0.5) is 5.69 Å². The first-order valence-corrected chi connectivity index (χ1v) is 9.54. The number of hydrogen-bond acceptors (Lipinski definition) is 5. The van der Waals surface area contributed by atoms with E-state index in [0.717, 1.165) is 0 Å². The summed E-state index contributed by atoms with van der Waals surface area (Å²) in [5.41, 5.74) is 0.975. The average Bonchev–Trinajstić information content (AvgIpc) is 3.20. The zero-order valence-electron chi connectivity index (χ0n) is 15.4. The number of amides is 1. The first kappa shape index (κ1) is 21.6. The minimum atomic E-state index is -1.11. The molecule has 0 fully saturated rings. The number of carboxylic acids is 1.